The Kier molecular flexibility index (Phi) is 1.66. The summed E-state index contributed by atoms with van der Waals surface area (Å²) in [4.78, 5) is 3.77. The van der Waals surface area contributed by atoms with Crippen LogP contribution in [-0.2, 0) is 0 Å². The van der Waals surface area contributed by atoms with Crippen LogP contribution in [0.1, 0.15) is 0 Å². The Balaban J connectivity index is 2.88. The zero-order valence-electron chi connectivity index (χ0n) is 5.63. The largest absolute Gasteiger partial charge is 0.243 e. The van der Waals surface area contributed by atoms with Gasteiger partial charge in [0.2, 0.25) is 5.28 Å². The third-order valence-electron chi connectivity index (χ3n) is 1.33. The molecule has 0 N–H and O–H groups in total. The molecule has 0 unspecified atom stereocenters. The molecule has 0 aliphatic rings. The Morgan fingerprint density at radius 3 is 2.92 bits per heavy atom. The van der Waals surface area contributed by atoms with Crippen LogP contribution in [0.5, 0.6) is 0 Å². The normalized spacial score (nSPS) is 10.9. The Labute approximate surface area is 76.7 Å². The molecular weight excluding hydrogens is 204 g/mol. The van der Waals surface area contributed by atoms with Gasteiger partial charge in [-0.1, -0.05) is 11.6 Å². The van der Waals surface area contributed by atoms with Crippen molar-refractivity contribution >= 4 is 28.8 Å². The first-order valence-corrected chi connectivity index (χ1v) is 3.79. The van der Waals surface area contributed by atoms with Crippen LogP contribution in [0.4, 0.5) is 4.39 Å². The summed E-state index contributed by atoms with van der Waals surface area (Å²) >= 11 is 11.1. The molecule has 0 saturated carbocycles. The number of nitrogens with zero attached hydrogens (tertiary/aromatic N) is 3. The minimum absolute atomic E-state index is 0.0440. The van der Waals surface area contributed by atoms with Crippen molar-refractivity contribution in [2.75, 3.05) is 0 Å². The van der Waals surface area contributed by atoms with Crippen molar-refractivity contribution < 1.29 is 4.39 Å². The van der Waals surface area contributed by atoms with E-state index in [4.69, 9.17) is 23.2 Å². The van der Waals surface area contributed by atoms with Gasteiger partial charge in [-0.05, 0) is 17.7 Å². The second-order valence-corrected chi connectivity index (χ2v) is 2.90. The topological polar surface area (TPSA) is 30.2 Å². The highest BCUT2D eigenvalue weighted by Crippen LogP contribution is 2.17. The fraction of sp³-hybridized carbons (Fsp3) is 0. The van der Waals surface area contributed by atoms with Crippen LogP contribution in [-0.4, -0.2) is 14.6 Å². The quantitative estimate of drug-likeness (QED) is 0.661. The third kappa shape index (κ3) is 1.13. The molecule has 6 heteroatoms. The molecule has 0 fully saturated rings. The second-order valence-electron chi connectivity index (χ2n) is 2.16. The predicted molar refractivity (Wildman–Crippen MR) is 43.0 cm³/mol. The van der Waals surface area contributed by atoms with Gasteiger partial charge < -0.3 is 0 Å². The molecule has 0 aromatic carbocycles. The summed E-state index contributed by atoms with van der Waals surface area (Å²) in [5, 5.41) is 3.91. The smallest absolute Gasteiger partial charge is 0.215 e. The van der Waals surface area contributed by atoms with Crippen LogP contribution in [0.15, 0.2) is 12.3 Å². The molecule has 0 radical (unpaired) electrons. The van der Waals surface area contributed by atoms with Crippen LogP contribution >= 0.6 is 23.2 Å². The van der Waals surface area contributed by atoms with E-state index in [9.17, 15) is 4.39 Å². The highest BCUT2D eigenvalue weighted by atomic mass is 35.5. The van der Waals surface area contributed by atoms with E-state index in [1.807, 2.05) is 0 Å². The van der Waals surface area contributed by atoms with Gasteiger partial charge in [0.15, 0.2) is 5.65 Å². The molecule has 0 bridgehead atoms. The molecule has 2 aromatic rings. The van der Waals surface area contributed by atoms with Crippen molar-refractivity contribution in [2.45, 2.75) is 0 Å². The van der Waals surface area contributed by atoms with Gasteiger partial charge in [0.05, 0.1) is 11.2 Å². The van der Waals surface area contributed by atoms with Crippen molar-refractivity contribution in [3.8, 4) is 0 Å². The fourth-order valence-electron chi connectivity index (χ4n) is 0.890. The molecule has 0 saturated heterocycles. The summed E-state index contributed by atoms with van der Waals surface area (Å²) in [5.41, 5.74) is 0.350. The zero-order valence-corrected chi connectivity index (χ0v) is 7.14. The highest BCUT2D eigenvalue weighted by Gasteiger charge is 2.06. The van der Waals surface area contributed by atoms with Crippen molar-refractivity contribution in [1.29, 1.82) is 0 Å². The van der Waals surface area contributed by atoms with E-state index < -0.39 is 5.82 Å². The van der Waals surface area contributed by atoms with Crippen molar-refractivity contribution in [3.05, 3.63) is 28.4 Å². The van der Waals surface area contributed by atoms with E-state index in [-0.39, 0.29) is 10.3 Å². The lowest BCUT2D eigenvalue weighted by Crippen LogP contribution is -1.89. The minimum Gasteiger partial charge on any atom is -0.215 e. The van der Waals surface area contributed by atoms with Gasteiger partial charge in [-0.25, -0.2) is 8.91 Å². The lowest BCUT2D eigenvalue weighted by Gasteiger charge is -1.93. The molecule has 2 heterocycles. The number of hydrogen-bond acceptors (Lipinski definition) is 2. The Bertz CT molecular complexity index is 440. The first-order valence-electron chi connectivity index (χ1n) is 3.04. The van der Waals surface area contributed by atoms with E-state index >= 15 is 0 Å². The van der Waals surface area contributed by atoms with E-state index in [1.165, 1.54) is 4.52 Å². The molecule has 0 spiro atoms. The van der Waals surface area contributed by atoms with Gasteiger partial charge in [-0.15, -0.1) is 5.10 Å². The van der Waals surface area contributed by atoms with Gasteiger partial charge in [-0.2, -0.15) is 4.98 Å². The van der Waals surface area contributed by atoms with E-state index in [0.717, 1.165) is 12.3 Å². The second kappa shape index (κ2) is 2.57. The van der Waals surface area contributed by atoms with E-state index in [1.54, 1.807) is 0 Å². The third-order valence-corrected chi connectivity index (χ3v) is 1.77. The number of pyridine rings is 1. The number of rotatable bonds is 0. The summed E-state index contributed by atoms with van der Waals surface area (Å²) in [6.45, 7) is 0. The summed E-state index contributed by atoms with van der Waals surface area (Å²) in [6.07, 6.45) is 1.15. The number of aromatic nitrogens is 3. The van der Waals surface area contributed by atoms with Gasteiger partial charge in [0.1, 0.15) is 5.82 Å². The van der Waals surface area contributed by atoms with Crippen LogP contribution in [0, 0.1) is 5.82 Å². The summed E-state index contributed by atoms with van der Waals surface area (Å²) in [5.74, 6) is -0.478. The first kappa shape index (κ1) is 7.76. The molecule has 3 nitrogen and oxygen atoms in total. The number of fused-ring (bicyclic) bond motifs is 1. The Morgan fingerprint density at radius 1 is 1.42 bits per heavy atom. The fourth-order valence-corrected chi connectivity index (χ4v) is 1.28. The van der Waals surface area contributed by atoms with E-state index in [2.05, 4.69) is 10.1 Å². The number of hydrogen-bond donors (Lipinski definition) is 0. The van der Waals surface area contributed by atoms with Crippen LogP contribution in [0.3, 0.4) is 0 Å². The average Bonchev–Trinajstić information content (AvgIpc) is 2.29. The maximum Gasteiger partial charge on any atom is 0.243 e. The molecule has 0 aliphatic heterocycles. The van der Waals surface area contributed by atoms with Crippen LogP contribution in [0.25, 0.3) is 5.65 Å². The average molecular weight is 206 g/mol. The standard InChI is InChI=1S/C6H2Cl2FN3/c7-4-1-3(9)2-12-5(4)10-6(8)11-12/h1-2H. The SMILES string of the molecule is Fc1cc(Cl)c2nc(Cl)nn2c1. The van der Waals surface area contributed by atoms with Crippen molar-refractivity contribution in [1.82, 2.24) is 14.6 Å². The lowest BCUT2D eigenvalue weighted by atomic mass is 10.5. The first-order chi connectivity index (χ1) is 5.66. The minimum atomic E-state index is -0.478. The van der Waals surface area contributed by atoms with E-state index in [0.29, 0.717) is 5.65 Å². The Hall–Kier alpha value is -0.870. The summed E-state index contributed by atoms with van der Waals surface area (Å²) in [7, 11) is 0. The molecule has 0 atom stereocenters. The van der Waals surface area contributed by atoms with Crippen LogP contribution < -0.4 is 0 Å². The van der Waals surface area contributed by atoms with Crippen molar-refractivity contribution in [2.24, 2.45) is 0 Å². The van der Waals surface area contributed by atoms with Crippen molar-refractivity contribution in [3.63, 3.8) is 0 Å². The Morgan fingerprint density at radius 2 is 2.17 bits per heavy atom. The number of halogens is 3. The van der Waals surface area contributed by atoms with Gasteiger partial charge in [0.25, 0.3) is 0 Å². The van der Waals surface area contributed by atoms with Crippen LogP contribution in [0.2, 0.25) is 10.3 Å². The predicted octanol–water partition coefficient (Wildman–Crippen LogP) is 2.18. The maximum absolute atomic E-state index is 12.7. The van der Waals surface area contributed by atoms with Gasteiger partial charge >= 0.3 is 0 Å². The highest BCUT2D eigenvalue weighted by molar-refractivity contribution is 6.34. The maximum atomic E-state index is 12.7. The molecule has 2 rings (SSSR count). The lowest BCUT2D eigenvalue weighted by molar-refractivity contribution is 0.615. The monoisotopic (exact) mass is 205 g/mol. The zero-order chi connectivity index (χ0) is 8.72. The molecule has 62 valence electrons. The molecule has 2 aromatic heterocycles. The van der Waals surface area contributed by atoms with Gasteiger partial charge in [-0.3, -0.25) is 0 Å². The van der Waals surface area contributed by atoms with Gasteiger partial charge in [0, 0.05) is 0 Å². The molecule has 12 heavy (non-hydrogen) atoms. The summed E-state index contributed by atoms with van der Waals surface area (Å²) < 4.78 is 13.9. The molecule has 0 amide bonds. The molecule has 0 aliphatic carbocycles. The summed E-state index contributed by atoms with van der Waals surface area (Å²) in [6, 6.07) is 1.15. The molecular formula is C6H2Cl2FN3.